The van der Waals surface area contributed by atoms with Gasteiger partial charge in [0.2, 0.25) is 0 Å². The molecular weight excluding hydrogens is 787 g/mol. The molecule has 0 unspecified atom stereocenters. The van der Waals surface area contributed by atoms with Crippen molar-refractivity contribution in [3.63, 3.8) is 0 Å². The molecule has 0 saturated heterocycles. The van der Waals surface area contributed by atoms with Crippen molar-refractivity contribution in [1.82, 2.24) is 54.1 Å². The smallest absolute Gasteiger partial charge is 0.343 e. The number of para-hydroxylation sites is 2. The summed E-state index contributed by atoms with van der Waals surface area (Å²) in [5.74, 6) is -1.60. The number of esters is 1. The molecule has 0 fully saturated rings. The Morgan fingerprint density at radius 3 is 1.57 bits per heavy atom. The van der Waals surface area contributed by atoms with Gasteiger partial charge in [0.15, 0.2) is 40.4 Å². The number of rotatable bonds is 17. The molecule has 312 valence electrons. The molecule has 22 heteroatoms. The number of ketones is 1. The number of nitrogens with zero attached hydrogens (tertiary/aromatic N) is 15. The highest BCUT2D eigenvalue weighted by molar-refractivity contribution is 6.00. The van der Waals surface area contributed by atoms with Crippen LogP contribution in [0.15, 0.2) is 93.5 Å². The average molecular weight is 828 g/mol. The number of hydrogen-bond donors (Lipinski definition) is 4. The number of nitrogen functional groups attached to an aromatic ring is 2. The van der Waals surface area contributed by atoms with Crippen LogP contribution in [0.2, 0.25) is 0 Å². The predicted molar refractivity (Wildman–Crippen MR) is 220 cm³/mol. The fourth-order valence-corrected chi connectivity index (χ4v) is 6.14. The molecular formula is C39H41N17O5. The van der Waals surface area contributed by atoms with Crippen molar-refractivity contribution >= 4 is 46.4 Å². The van der Waals surface area contributed by atoms with Gasteiger partial charge in [-0.1, -0.05) is 63.1 Å². The molecule has 5 heterocycles. The first kappa shape index (κ1) is 41.2. The average Bonchev–Trinajstić information content (AvgIpc) is 4.06. The van der Waals surface area contributed by atoms with Gasteiger partial charge in [0.1, 0.15) is 12.2 Å². The van der Waals surface area contributed by atoms with E-state index in [2.05, 4.69) is 55.8 Å². The SMILES string of the molecule is CCCCc1nn(-c2nc(O)nc(-n3nc(CCCC)c(N=Nc4c(C(=O)OC)cnn4-c4ccccc4)c3N)n2)c(N)c1N=Nc1c(C(=O)CO)cnn1-c1ccccc1. The second kappa shape index (κ2) is 18.3. The first-order chi connectivity index (χ1) is 29.7. The molecule has 0 aliphatic heterocycles. The molecule has 0 aliphatic carbocycles. The number of aliphatic hydroxyl groups is 1. The molecule has 0 aliphatic rings. The van der Waals surface area contributed by atoms with E-state index in [9.17, 15) is 19.8 Å². The van der Waals surface area contributed by atoms with Crippen molar-refractivity contribution in [2.75, 3.05) is 25.2 Å². The van der Waals surface area contributed by atoms with E-state index in [1.54, 1.807) is 36.4 Å². The summed E-state index contributed by atoms with van der Waals surface area (Å²) in [7, 11) is 1.25. The summed E-state index contributed by atoms with van der Waals surface area (Å²) in [5.41, 5.74) is 15.9. The van der Waals surface area contributed by atoms with Crippen LogP contribution in [0.1, 0.15) is 71.6 Å². The number of nitrogens with two attached hydrogens (primary N) is 2. The number of carbonyl (C=O) groups is 2. The van der Waals surface area contributed by atoms with Crippen molar-refractivity contribution in [2.24, 2.45) is 20.5 Å². The second-order valence-corrected chi connectivity index (χ2v) is 13.4. The van der Waals surface area contributed by atoms with E-state index in [1.165, 1.54) is 38.2 Å². The molecule has 0 radical (unpaired) electrons. The summed E-state index contributed by atoms with van der Waals surface area (Å²) in [5, 5.41) is 56.3. The molecule has 7 rings (SSSR count). The Labute approximate surface area is 347 Å². The maximum Gasteiger partial charge on any atom is 0.343 e. The van der Waals surface area contributed by atoms with E-state index in [0.29, 0.717) is 48.4 Å². The number of carbonyl (C=O) groups excluding carboxylic acids is 2. The summed E-state index contributed by atoms with van der Waals surface area (Å²) < 4.78 is 10.2. The molecule has 7 aromatic rings. The summed E-state index contributed by atoms with van der Waals surface area (Å²) in [6.07, 6.45) is 6.55. The van der Waals surface area contributed by atoms with Gasteiger partial charge < -0.3 is 26.4 Å². The van der Waals surface area contributed by atoms with Gasteiger partial charge in [-0.2, -0.15) is 44.7 Å². The number of azo groups is 2. The quantitative estimate of drug-likeness (QED) is 0.0468. The lowest BCUT2D eigenvalue weighted by Crippen LogP contribution is -2.13. The van der Waals surface area contributed by atoms with Crippen LogP contribution >= 0.6 is 0 Å². The fourth-order valence-electron chi connectivity index (χ4n) is 6.14. The molecule has 0 bridgehead atoms. The molecule has 22 nitrogen and oxygen atoms in total. The number of anilines is 2. The van der Waals surface area contributed by atoms with Gasteiger partial charge in [0.05, 0.1) is 47.8 Å². The number of aryl methyl sites for hydroxylation is 2. The highest BCUT2D eigenvalue weighted by Crippen LogP contribution is 2.36. The number of ether oxygens (including phenoxy) is 1. The highest BCUT2D eigenvalue weighted by Gasteiger charge is 2.25. The van der Waals surface area contributed by atoms with Gasteiger partial charge in [-0.15, -0.1) is 20.5 Å². The molecule has 61 heavy (non-hydrogen) atoms. The number of aromatic nitrogens is 11. The lowest BCUT2D eigenvalue weighted by atomic mass is 10.2. The van der Waals surface area contributed by atoms with Crippen LogP contribution in [-0.2, 0) is 17.6 Å². The van der Waals surface area contributed by atoms with Crippen molar-refractivity contribution < 1.29 is 24.5 Å². The number of hydrogen-bond acceptors (Lipinski definition) is 18. The monoisotopic (exact) mass is 827 g/mol. The summed E-state index contributed by atoms with van der Waals surface area (Å²) in [4.78, 5) is 38.2. The van der Waals surface area contributed by atoms with Gasteiger partial charge in [0.25, 0.3) is 11.9 Å². The topological polar surface area (TPSA) is 295 Å². The third kappa shape index (κ3) is 8.45. The zero-order valence-corrected chi connectivity index (χ0v) is 33.4. The molecule has 5 aromatic heterocycles. The molecule has 2 aromatic carbocycles. The van der Waals surface area contributed by atoms with Gasteiger partial charge in [-0.3, -0.25) is 4.79 Å². The van der Waals surface area contributed by atoms with Crippen LogP contribution in [0, 0.1) is 0 Å². The molecule has 0 atom stereocenters. The largest absolute Gasteiger partial charge is 0.479 e. The van der Waals surface area contributed by atoms with Crippen molar-refractivity contribution in [2.45, 2.75) is 52.4 Å². The second-order valence-electron chi connectivity index (χ2n) is 13.4. The maximum absolute atomic E-state index is 12.7. The maximum atomic E-state index is 12.7. The van der Waals surface area contributed by atoms with Crippen LogP contribution in [0.4, 0.5) is 34.6 Å². The van der Waals surface area contributed by atoms with E-state index >= 15 is 0 Å². The molecule has 6 N–H and O–H groups in total. The van der Waals surface area contributed by atoms with Crippen LogP contribution in [0.5, 0.6) is 6.01 Å². The molecule has 0 amide bonds. The van der Waals surface area contributed by atoms with Crippen LogP contribution in [0.25, 0.3) is 23.3 Å². The lowest BCUT2D eigenvalue weighted by molar-refractivity contribution is 0.0601. The van der Waals surface area contributed by atoms with Crippen molar-refractivity contribution in [3.8, 4) is 29.3 Å². The number of aliphatic hydroxyl groups excluding tert-OH is 1. The predicted octanol–water partition coefficient (Wildman–Crippen LogP) is 5.96. The Kier molecular flexibility index (Phi) is 12.3. The Balaban J connectivity index is 1.30. The molecule has 0 spiro atoms. The minimum Gasteiger partial charge on any atom is -0.479 e. The van der Waals surface area contributed by atoms with E-state index in [0.717, 1.165) is 12.8 Å². The minimum atomic E-state index is -0.766. The Bertz CT molecular complexity index is 2550. The number of methoxy groups -OCH3 is 1. The van der Waals surface area contributed by atoms with Crippen LogP contribution in [0.3, 0.4) is 0 Å². The van der Waals surface area contributed by atoms with E-state index in [4.69, 9.17) is 16.2 Å². The van der Waals surface area contributed by atoms with Crippen molar-refractivity contribution in [1.29, 1.82) is 0 Å². The highest BCUT2D eigenvalue weighted by atomic mass is 16.5. The number of unbranched alkanes of at least 4 members (excludes halogenated alkanes) is 2. The summed E-state index contributed by atoms with van der Waals surface area (Å²) in [6, 6.07) is 17.3. The Morgan fingerprint density at radius 1 is 0.672 bits per heavy atom. The summed E-state index contributed by atoms with van der Waals surface area (Å²) >= 11 is 0. The number of benzene rings is 2. The number of Topliss-reactive ketones (excluding diaryl/α,β-unsaturated/α-hetero) is 1. The van der Waals surface area contributed by atoms with Crippen molar-refractivity contribution in [3.05, 3.63) is 95.6 Å². The summed E-state index contributed by atoms with van der Waals surface area (Å²) in [6.45, 7) is 3.26. The standard InChI is InChI=1S/C39H41N17O5/c1-4-6-18-27-30(47-49-34-25(29(58)22-57)20-42-53(34)23-14-10-8-11-15-23)32(40)55(51-27)37-44-38(46-39(60)45-37)56-33(41)31(28(52-56)19-7-5-2)48-50-35-26(36(59)61-3)21-43-54(35)24-16-12-9-13-17-24/h8-17,20-21,57H,4-7,18-19,22,40-41H2,1-3H3,(H,44,45,46,60). The van der Waals surface area contributed by atoms with Gasteiger partial charge in [-0.25, -0.2) is 14.2 Å². The minimum absolute atomic E-state index is 0.0355. The third-order valence-corrected chi connectivity index (χ3v) is 9.27. The first-order valence-corrected chi connectivity index (χ1v) is 19.2. The van der Waals surface area contributed by atoms with Crippen LogP contribution < -0.4 is 11.5 Å². The normalized spacial score (nSPS) is 11.6. The molecule has 0 saturated carbocycles. The van der Waals surface area contributed by atoms with Gasteiger partial charge in [0, 0.05) is 0 Å². The fraction of sp³-hybridized carbons (Fsp3) is 0.256. The van der Waals surface area contributed by atoms with Gasteiger partial charge in [-0.05, 0) is 49.9 Å². The van der Waals surface area contributed by atoms with E-state index in [-0.39, 0.29) is 57.7 Å². The van der Waals surface area contributed by atoms with E-state index < -0.39 is 24.4 Å². The van der Waals surface area contributed by atoms with Crippen LogP contribution in [-0.4, -0.2) is 89.8 Å². The van der Waals surface area contributed by atoms with E-state index in [1.807, 2.05) is 38.1 Å². The van der Waals surface area contributed by atoms with Gasteiger partial charge >= 0.3 is 12.0 Å². The third-order valence-electron chi connectivity index (χ3n) is 9.27. The zero-order valence-electron chi connectivity index (χ0n) is 33.4. The first-order valence-electron chi connectivity index (χ1n) is 19.2. The lowest BCUT2D eigenvalue weighted by Gasteiger charge is -2.06. The zero-order chi connectivity index (χ0) is 43.0. The Hall–Kier alpha value is -8.01. The Morgan fingerprint density at radius 2 is 1.13 bits per heavy atom. The number of aromatic hydroxyl groups is 1.